The molecule has 0 heterocycles. The predicted molar refractivity (Wildman–Crippen MR) is 72.0 cm³/mol. The van der Waals surface area contributed by atoms with Crippen molar-refractivity contribution in [3.63, 3.8) is 0 Å². The molecule has 3 N–H and O–H groups in total. The fourth-order valence-electron chi connectivity index (χ4n) is 1.55. The average Bonchev–Trinajstić information content (AvgIpc) is 3.12. The molecule has 2 rings (SSSR count). The van der Waals surface area contributed by atoms with E-state index in [9.17, 15) is 4.79 Å². The number of benzene rings is 1. The molecule has 0 saturated heterocycles. The van der Waals surface area contributed by atoms with Gasteiger partial charge in [0.2, 0.25) is 5.91 Å². The van der Waals surface area contributed by atoms with Crippen LogP contribution in [-0.2, 0) is 4.79 Å². The van der Waals surface area contributed by atoms with Crippen molar-refractivity contribution in [1.82, 2.24) is 5.32 Å². The van der Waals surface area contributed by atoms with E-state index in [0.29, 0.717) is 6.04 Å². The van der Waals surface area contributed by atoms with Gasteiger partial charge in [0.25, 0.3) is 0 Å². The van der Waals surface area contributed by atoms with Crippen molar-refractivity contribution >= 4 is 23.4 Å². The third kappa shape index (κ3) is 3.66. The number of hydrogen-bond acceptors (Lipinski definition) is 3. The summed E-state index contributed by atoms with van der Waals surface area (Å²) >= 11 is 1.61. The first-order chi connectivity index (χ1) is 8.19. The highest BCUT2D eigenvalue weighted by Crippen LogP contribution is 2.27. The maximum Gasteiger partial charge on any atom is 0.233 e. The molecule has 4 heteroatoms. The lowest BCUT2D eigenvalue weighted by molar-refractivity contribution is -0.120. The molecule has 1 saturated carbocycles. The molecule has 0 aliphatic heterocycles. The van der Waals surface area contributed by atoms with Gasteiger partial charge in [0.15, 0.2) is 0 Å². The number of nitrogen functional groups attached to an aromatic ring is 1. The lowest BCUT2D eigenvalue weighted by Crippen LogP contribution is -2.33. The van der Waals surface area contributed by atoms with Crippen LogP contribution in [0, 0.1) is 0 Å². The fraction of sp³-hybridized carbons (Fsp3) is 0.462. The lowest BCUT2D eigenvalue weighted by Gasteiger charge is -2.14. The van der Waals surface area contributed by atoms with Crippen LogP contribution >= 0.6 is 11.8 Å². The smallest absolute Gasteiger partial charge is 0.233 e. The molecule has 1 aliphatic rings. The fourth-order valence-corrected chi connectivity index (χ4v) is 2.52. The first-order valence-corrected chi connectivity index (χ1v) is 6.89. The van der Waals surface area contributed by atoms with Gasteiger partial charge in [-0.05, 0) is 43.5 Å². The van der Waals surface area contributed by atoms with E-state index in [1.54, 1.807) is 11.8 Å². The second-order valence-electron chi connectivity index (χ2n) is 4.37. The van der Waals surface area contributed by atoms with Crippen molar-refractivity contribution < 1.29 is 4.79 Å². The zero-order valence-electron chi connectivity index (χ0n) is 9.98. The Morgan fingerprint density at radius 2 is 2.12 bits per heavy atom. The van der Waals surface area contributed by atoms with E-state index >= 15 is 0 Å². The summed E-state index contributed by atoms with van der Waals surface area (Å²) < 4.78 is 0. The third-order valence-electron chi connectivity index (χ3n) is 2.75. The normalized spacial score (nSPS) is 16.5. The maximum atomic E-state index is 11.9. The maximum absolute atomic E-state index is 11.9. The highest BCUT2D eigenvalue weighted by Gasteiger charge is 2.27. The molecule has 1 atom stereocenters. The SMILES string of the molecule is CCC(Sc1ccc(N)cc1)C(=O)NC1CC1. The van der Waals surface area contributed by atoms with Crippen LogP contribution in [0.4, 0.5) is 5.69 Å². The number of rotatable bonds is 5. The Morgan fingerprint density at radius 3 is 2.65 bits per heavy atom. The molecule has 1 unspecified atom stereocenters. The highest BCUT2D eigenvalue weighted by molar-refractivity contribution is 8.00. The summed E-state index contributed by atoms with van der Waals surface area (Å²) in [6.45, 7) is 2.04. The molecule has 0 bridgehead atoms. The van der Waals surface area contributed by atoms with E-state index in [2.05, 4.69) is 5.32 Å². The number of nitrogens with one attached hydrogen (secondary N) is 1. The van der Waals surface area contributed by atoms with Crippen molar-refractivity contribution in [2.75, 3.05) is 5.73 Å². The van der Waals surface area contributed by atoms with Gasteiger partial charge in [0.1, 0.15) is 0 Å². The molecule has 0 spiro atoms. The van der Waals surface area contributed by atoms with Crippen LogP contribution in [0.25, 0.3) is 0 Å². The Kier molecular flexibility index (Phi) is 3.94. The van der Waals surface area contributed by atoms with Gasteiger partial charge >= 0.3 is 0 Å². The Bertz CT molecular complexity index is 387. The molecular weight excluding hydrogens is 232 g/mol. The summed E-state index contributed by atoms with van der Waals surface area (Å²) in [4.78, 5) is 13.0. The van der Waals surface area contributed by atoms with Crippen molar-refractivity contribution in [3.8, 4) is 0 Å². The number of hydrogen-bond donors (Lipinski definition) is 2. The largest absolute Gasteiger partial charge is 0.399 e. The highest BCUT2D eigenvalue weighted by atomic mass is 32.2. The quantitative estimate of drug-likeness (QED) is 0.623. The first-order valence-electron chi connectivity index (χ1n) is 6.01. The van der Waals surface area contributed by atoms with Crippen LogP contribution in [0.1, 0.15) is 26.2 Å². The van der Waals surface area contributed by atoms with Crippen LogP contribution in [0.15, 0.2) is 29.2 Å². The van der Waals surface area contributed by atoms with Gasteiger partial charge in [0.05, 0.1) is 5.25 Å². The first kappa shape index (κ1) is 12.3. The standard InChI is InChI=1S/C13H18N2OS/c1-2-12(13(16)15-10-5-6-10)17-11-7-3-9(14)4-8-11/h3-4,7-8,10,12H,2,5-6,14H2,1H3,(H,15,16). The Morgan fingerprint density at radius 1 is 1.47 bits per heavy atom. The van der Waals surface area contributed by atoms with Crippen molar-refractivity contribution in [2.24, 2.45) is 0 Å². The minimum atomic E-state index is -0.000718. The monoisotopic (exact) mass is 250 g/mol. The van der Waals surface area contributed by atoms with E-state index in [-0.39, 0.29) is 11.2 Å². The zero-order chi connectivity index (χ0) is 12.3. The van der Waals surface area contributed by atoms with Crippen LogP contribution in [-0.4, -0.2) is 17.2 Å². The van der Waals surface area contributed by atoms with E-state index < -0.39 is 0 Å². The van der Waals surface area contributed by atoms with Crippen molar-refractivity contribution in [3.05, 3.63) is 24.3 Å². The molecule has 1 amide bonds. The summed E-state index contributed by atoms with van der Waals surface area (Å²) in [6, 6.07) is 8.10. The van der Waals surface area contributed by atoms with Gasteiger partial charge in [-0.2, -0.15) is 0 Å². The summed E-state index contributed by atoms with van der Waals surface area (Å²) in [6.07, 6.45) is 3.11. The Labute approximate surface area is 106 Å². The van der Waals surface area contributed by atoms with E-state index in [0.717, 1.165) is 29.8 Å². The number of anilines is 1. The lowest BCUT2D eigenvalue weighted by atomic mass is 10.3. The number of thioether (sulfide) groups is 1. The van der Waals surface area contributed by atoms with Gasteiger partial charge in [-0.25, -0.2) is 0 Å². The molecule has 1 fully saturated rings. The van der Waals surface area contributed by atoms with Crippen LogP contribution < -0.4 is 11.1 Å². The molecule has 92 valence electrons. The van der Waals surface area contributed by atoms with Gasteiger partial charge in [-0.3, -0.25) is 4.79 Å². The minimum absolute atomic E-state index is 0.000718. The Balaban J connectivity index is 1.93. The molecule has 0 aromatic heterocycles. The predicted octanol–water partition coefficient (Wildman–Crippen LogP) is 2.42. The number of carbonyl (C=O) groups is 1. The summed E-state index contributed by atoms with van der Waals surface area (Å²) in [5.41, 5.74) is 6.39. The van der Waals surface area contributed by atoms with E-state index in [1.165, 1.54) is 0 Å². The molecule has 17 heavy (non-hydrogen) atoms. The number of carbonyl (C=O) groups excluding carboxylic acids is 1. The summed E-state index contributed by atoms with van der Waals surface area (Å²) in [7, 11) is 0. The summed E-state index contributed by atoms with van der Waals surface area (Å²) in [5.74, 6) is 0.164. The molecular formula is C13H18N2OS. The molecule has 1 aliphatic carbocycles. The van der Waals surface area contributed by atoms with Crippen LogP contribution in [0.2, 0.25) is 0 Å². The van der Waals surface area contributed by atoms with Crippen LogP contribution in [0.3, 0.4) is 0 Å². The van der Waals surface area contributed by atoms with Gasteiger partial charge < -0.3 is 11.1 Å². The van der Waals surface area contributed by atoms with Gasteiger partial charge in [-0.15, -0.1) is 11.8 Å². The summed E-state index contributed by atoms with van der Waals surface area (Å²) in [5, 5.41) is 3.05. The van der Waals surface area contributed by atoms with Gasteiger partial charge in [0, 0.05) is 16.6 Å². The topological polar surface area (TPSA) is 55.1 Å². The second-order valence-corrected chi connectivity index (χ2v) is 5.64. The molecule has 0 radical (unpaired) electrons. The van der Waals surface area contributed by atoms with Crippen molar-refractivity contribution in [2.45, 2.75) is 42.4 Å². The van der Waals surface area contributed by atoms with Gasteiger partial charge in [-0.1, -0.05) is 6.92 Å². The molecule has 1 aromatic rings. The third-order valence-corrected chi connectivity index (χ3v) is 4.12. The Hall–Kier alpha value is -1.16. The average molecular weight is 250 g/mol. The van der Waals surface area contributed by atoms with E-state index in [1.807, 2.05) is 31.2 Å². The van der Waals surface area contributed by atoms with E-state index in [4.69, 9.17) is 5.73 Å². The zero-order valence-corrected chi connectivity index (χ0v) is 10.8. The second kappa shape index (κ2) is 5.45. The van der Waals surface area contributed by atoms with Crippen LogP contribution in [0.5, 0.6) is 0 Å². The molecule has 1 aromatic carbocycles. The van der Waals surface area contributed by atoms with Crippen molar-refractivity contribution in [1.29, 1.82) is 0 Å². The minimum Gasteiger partial charge on any atom is -0.399 e. The molecule has 3 nitrogen and oxygen atoms in total. The number of amides is 1. The number of nitrogens with two attached hydrogens (primary N) is 1.